The molecule has 112 valence electrons. The second-order valence-electron chi connectivity index (χ2n) is 7.22. The van der Waals surface area contributed by atoms with Crippen LogP contribution in [0.15, 0.2) is 24.3 Å². The van der Waals surface area contributed by atoms with Gasteiger partial charge in [0.2, 0.25) is 0 Å². The van der Waals surface area contributed by atoms with Gasteiger partial charge in [0.15, 0.2) is 0 Å². The lowest BCUT2D eigenvalue weighted by Gasteiger charge is -2.29. The average Bonchev–Trinajstić information content (AvgIpc) is 2.39. The summed E-state index contributed by atoms with van der Waals surface area (Å²) in [6.07, 6.45) is 5.25. The van der Waals surface area contributed by atoms with Gasteiger partial charge in [0.1, 0.15) is 0 Å². The molecule has 1 aromatic carbocycles. The summed E-state index contributed by atoms with van der Waals surface area (Å²) in [5, 5.41) is 7.36. The molecule has 1 aliphatic heterocycles. The minimum atomic E-state index is 0.187. The van der Waals surface area contributed by atoms with E-state index in [9.17, 15) is 0 Å². The number of nitrogens with one attached hydrogen (secondary N) is 2. The van der Waals surface area contributed by atoms with Crippen molar-refractivity contribution in [1.29, 1.82) is 0 Å². The molecular weight excluding hydrogens is 244 g/mol. The van der Waals surface area contributed by atoms with Crippen LogP contribution in [0, 0.1) is 0 Å². The number of rotatable bonds is 4. The van der Waals surface area contributed by atoms with Crippen LogP contribution in [0.25, 0.3) is 0 Å². The smallest absolute Gasteiger partial charge is 0.0380 e. The van der Waals surface area contributed by atoms with Crippen molar-refractivity contribution in [2.45, 2.75) is 70.9 Å². The molecule has 1 aromatic rings. The van der Waals surface area contributed by atoms with E-state index < -0.39 is 0 Å². The first kappa shape index (κ1) is 15.4. The van der Waals surface area contributed by atoms with Gasteiger partial charge in [-0.3, -0.25) is 0 Å². The minimum Gasteiger partial charge on any atom is -0.382 e. The van der Waals surface area contributed by atoms with Gasteiger partial charge < -0.3 is 10.6 Å². The van der Waals surface area contributed by atoms with Crippen molar-refractivity contribution in [1.82, 2.24) is 5.32 Å². The zero-order chi connectivity index (χ0) is 14.6. The SMILES string of the molecule is CC(CC1CCCCN1)Nc1ccccc1C(C)(C)C. The first-order valence-electron chi connectivity index (χ1n) is 8.06. The standard InChI is InChI=1S/C18H30N2/c1-14(13-15-9-7-8-12-19-15)20-17-11-6-5-10-16(17)18(2,3)4/h5-6,10-11,14-15,19-20H,7-9,12-13H2,1-4H3. The van der Waals surface area contributed by atoms with E-state index in [2.05, 4.69) is 62.6 Å². The van der Waals surface area contributed by atoms with E-state index in [4.69, 9.17) is 0 Å². The highest BCUT2D eigenvalue weighted by Crippen LogP contribution is 2.30. The first-order valence-corrected chi connectivity index (χ1v) is 8.06. The topological polar surface area (TPSA) is 24.1 Å². The lowest BCUT2D eigenvalue weighted by atomic mass is 9.85. The Morgan fingerprint density at radius 1 is 1.25 bits per heavy atom. The number of hydrogen-bond donors (Lipinski definition) is 2. The van der Waals surface area contributed by atoms with Gasteiger partial charge in [0.25, 0.3) is 0 Å². The summed E-state index contributed by atoms with van der Waals surface area (Å²) >= 11 is 0. The van der Waals surface area contributed by atoms with Gasteiger partial charge in [-0.1, -0.05) is 45.4 Å². The summed E-state index contributed by atoms with van der Waals surface area (Å²) in [4.78, 5) is 0. The Hall–Kier alpha value is -1.02. The van der Waals surface area contributed by atoms with Gasteiger partial charge in [0.05, 0.1) is 0 Å². The van der Waals surface area contributed by atoms with Gasteiger partial charge in [0, 0.05) is 17.8 Å². The lowest BCUT2D eigenvalue weighted by molar-refractivity contribution is 0.371. The number of benzene rings is 1. The Kier molecular flexibility index (Phi) is 5.09. The van der Waals surface area contributed by atoms with Crippen LogP contribution >= 0.6 is 0 Å². The quantitative estimate of drug-likeness (QED) is 0.854. The van der Waals surface area contributed by atoms with Gasteiger partial charge in [-0.2, -0.15) is 0 Å². The van der Waals surface area contributed by atoms with Gasteiger partial charge in [-0.25, -0.2) is 0 Å². The maximum Gasteiger partial charge on any atom is 0.0380 e. The normalized spacial score (nSPS) is 21.5. The van der Waals surface area contributed by atoms with E-state index in [0.29, 0.717) is 12.1 Å². The van der Waals surface area contributed by atoms with Crippen LogP contribution < -0.4 is 10.6 Å². The number of para-hydroxylation sites is 1. The van der Waals surface area contributed by atoms with Crippen LogP contribution in [0.5, 0.6) is 0 Å². The summed E-state index contributed by atoms with van der Waals surface area (Å²) in [7, 11) is 0. The zero-order valence-electron chi connectivity index (χ0n) is 13.5. The highest BCUT2D eigenvalue weighted by atomic mass is 15.0. The number of hydrogen-bond acceptors (Lipinski definition) is 2. The molecule has 1 heterocycles. The molecule has 20 heavy (non-hydrogen) atoms. The third-order valence-corrected chi connectivity index (χ3v) is 4.19. The fourth-order valence-electron chi connectivity index (χ4n) is 3.14. The second-order valence-corrected chi connectivity index (χ2v) is 7.22. The van der Waals surface area contributed by atoms with Crippen molar-refractivity contribution < 1.29 is 0 Å². The van der Waals surface area contributed by atoms with E-state index >= 15 is 0 Å². The summed E-state index contributed by atoms with van der Waals surface area (Å²) < 4.78 is 0. The summed E-state index contributed by atoms with van der Waals surface area (Å²) in [6.45, 7) is 10.3. The molecule has 0 aromatic heterocycles. The van der Waals surface area contributed by atoms with Crippen molar-refractivity contribution in [2.24, 2.45) is 0 Å². The van der Waals surface area contributed by atoms with Crippen molar-refractivity contribution >= 4 is 5.69 Å². The Morgan fingerprint density at radius 2 is 2.00 bits per heavy atom. The molecule has 0 bridgehead atoms. The highest BCUT2D eigenvalue weighted by molar-refractivity contribution is 5.54. The number of piperidine rings is 1. The number of anilines is 1. The van der Waals surface area contributed by atoms with Crippen molar-refractivity contribution in [2.75, 3.05) is 11.9 Å². The van der Waals surface area contributed by atoms with Crippen LogP contribution in [0.4, 0.5) is 5.69 Å². The summed E-state index contributed by atoms with van der Waals surface area (Å²) in [5.74, 6) is 0. The molecule has 1 fully saturated rings. The van der Waals surface area contributed by atoms with E-state index in [1.807, 2.05) is 0 Å². The lowest BCUT2D eigenvalue weighted by Crippen LogP contribution is -2.37. The third kappa shape index (κ3) is 4.24. The summed E-state index contributed by atoms with van der Waals surface area (Å²) in [5.41, 5.74) is 2.89. The minimum absolute atomic E-state index is 0.187. The fourth-order valence-corrected chi connectivity index (χ4v) is 3.14. The van der Waals surface area contributed by atoms with Crippen LogP contribution in [0.2, 0.25) is 0 Å². The molecular formula is C18H30N2. The average molecular weight is 274 g/mol. The van der Waals surface area contributed by atoms with Crippen molar-refractivity contribution in [3.63, 3.8) is 0 Å². The van der Waals surface area contributed by atoms with Crippen LogP contribution in [0.1, 0.15) is 58.9 Å². The molecule has 2 N–H and O–H groups in total. The fraction of sp³-hybridized carbons (Fsp3) is 0.667. The highest BCUT2D eigenvalue weighted by Gasteiger charge is 2.20. The Balaban J connectivity index is 1.98. The molecule has 1 saturated heterocycles. The molecule has 2 heteroatoms. The Bertz CT molecular complexity index is 414. The van der Waals surface area contributed by atoms with Crippen LogP contribution in [-0.2, 0) is 5.41 Å². The molecule has 0 radical (unpaired) electrons. The van der Waals surface area contributed by atoms with Crippen LogP contribution in [-0.4, -0.2) is 18.6 Å². The summed E-state index contributed by atoms with van der Waals surface area (Å²) in [6, 6.07) is 9.92. The van der Waals surface area contributed by atoms with Crippen LogP contribution in [0.3, 0.4) is 0 Å². The van der Waals surface area contributed by atoms with E-state index in [0.717, 1.165) is 0 Å². The molecule has 0 amide bonds. The zero-order valence-corrected chi connectivity index (χ0v) is 13.5. The molecule has 0 saturated carbocycles. The largest absolute Gasteiger partial charge is 0.382 e. The molecule has 0 spiro atoms. The van der Waals surface area contributed by atoms with E-state index in [1.165, 1.54) is 43.5 Å². The molecule has 2 rings (SSSR count). The predicted octanol–water partition coefficient (Wildman–Crippen LogP) is 4.32. The monoisotopic (exact) mass is 274 g/mol. The molecule has 2 atom stereocenters. The second kappa shape index (κ2) is 6.62. The maximum absolute atomic E-state index is 3.72. The van der Waals surface area contributed by atoms with Crippen molar-refractivity contribution in [3.8, 4) is 0 Å². The third-order valence-electron chi connectivity index (χ3n) is 4.19. The van der Waals surface area contributed by atoms with E-state index in [1.54, 1.807) is 0 Å². The predicted molar refractivity (Wildman–Crippen MR) is 88.5 cm³/mol. The maximum atomic E-state index is 3.72. The molecule has 1 aliphatic rings. The Morgan fingerprint density at radius 3 is 2.65 bits per heavy atom. The first-order chi connectivity index (χ1) is 9.47. The van der Waals surface area contributed by atoms with E-state index in [-0.39, 0.29) is 5.41 Å². The van der Waals surface area contributed by atoms with Gasteiger partial charge >= 0.3 is 0 Å². The Labute approximate surface area is 124 Å². The van der Waals surface area contributed by atoms with Crippen molar-refractivity contribution in [3.05, 3.63) is 29.8 Å². The van der Waals surface area contributed by atoms with Gasteiger partial charge in [-0.05, 0) is 49.8 Å². The molecule has 2 nitrogen and oxygen atoms in total. The molecule has 2 unspecified atom stereocenters. The molecule has 0 aliphatic carbocycles. The van der Waals surface area contributed by atoms with Gasteiger partial charge in [-0.15, -0.1) is 0 Å².